The monoisotopic (exact) mass is 301 g/mol. The Balaban J connectivity index is 1.77. The predicted molar refractivity (Wildman–Crippen MR) is 80.7 cm³/mol. The first-order valence-corrected chi connectivity index (χ1v) is 7.62. The van der Waals surface area contributed by atoms with Gasteiger partial charge in [0.1, 0.15) is 11.3 Å². The van der Waals surface area contributed by atoms with Gasteiger partial charge in [-0.3, -0.25) is 9.59 Å². The van der Waals surface area contributed by atoms with E-state index in [-0.39, 0.29) is 11.9 Å². The predicted octanol–water partition coefficient (Wildman–Crippen LogP) is 2.10. The number of fused-ring (bicyclic) bond motifs is 1. The van der Waals surface area contributed by atoms with Crippen molar-refractivity contribution >= 4 is 17.5 Å². The highest BCUT2D eigenvalue weighted by atomic mass is 16.4. The molecule has 2 atom stereocenters. The summed E-state index contributed by atoms with van der Waals surface area (Å²) >= 11 is 0. The van der Waals surface area contributed by atoms with Crippen molar-refractivity contribution in [2.24, 2.45) is 5.92 Å². The quantitative estimate of drug-likeness (QED) is 0.850. The van der Waals surface area contributed by atoms with Gasteiger partial charge in [0.2, 0.25) is 0 Å². The number of carbonyl (C=O) groups excluding carboxylic acids is 1. The third kappa shape index (κ3) is 2.95. The molecule has 0 unspecified atom stereocenters. The molecular weight excluding hydrogens is 282 g/mol. The van der Waals surface area contributed by atoms with Crippen LogP contribution in [0.15, 0.2) is 30.6 Å². The fourth-order valence-electron chi connectivity index (χ4n) is 3.06. The molecule has 1 saturated carbocycles. The van der Waals surface area contributed by atoms with Gasteiger partial charge >= 0.3 is 5.97 Å². The van der Waals surface area contributed by atoms with E-state index >= 15 is 0 Å². The summed E-state index contributed by atoms with van der Waals surface area (Å²) in [7, 11) is 0. The number of aliphatic carboxylic acids is 1. The normalized spacial score (nSPS) is 22.2. The number of carboxylic acids is 1. The topological polar surface area (TPSA) is 83.7 Å². The SMILES string of the molecule is O=C(N[C@H]1CCCCC[C@H]1C(=O)O)c1cn2ccccc2n1. The van der Waals surface area contributed by atoms with E-state index in [4.69, 9.17) is 0 Å². The molecule has 2 aromatic rings. The van der Waals surface area contributed by atoms with Crippen molar-refractivity contribution in [2.45, 2.75) is 38.1 Å². The zero-order valence-corrected chi connectivity index (χ0v) is 12.2. The van der Waals surface area contributed by atoms with Crippen LogP contribution in [-0.4, -0.2) is 32.4 Å². The Hall–Kier alpha value is -2.37. The van der Waals surface area contributed by atoms with E-state index in [0.29, 0.717) is 24.2 Å². The molecule has 1 amide bonds. The minimum atomic E-state index is -0.831. The first kappa shape index (κ1) is 14.6. The summed E-state index contributed by atoms with van der Waals surface area (Å²) in [5, 5.41) is 12.2. The number of hydrogen-bond donors (Lipinski definition) is 2. The summed E-state index contributed by atoms with van der Waals surface area (Å²) in [5.41, 5.74) is 1.02. The Kier molecular flexibility index (Phi) is 4.09. The molecule has 116 valence electrons. The van der Waals surface area contributed by atoms with Gasteiger partial charge in [-0.25, -0.2) is 4.98 Å². The maximum Gasteiger partial charge on any atom is 0.308 e. The van der Waals surface area contributed by atoms with Crippen molar-refractivity contribution in [1.82, 2.24) is 14.7 Å². The molecule has 1 fully saturated rings. The number of carboxylic acid groups (broad SMARTS) is 1. The molecule has 6 nitrogen and oxygen atoms in total. The van der Waals surface area contributed by atoms with E-state index < -0.39 is 11.9 Å². The minimum absolute atomic E-state index is 0.304. The number of pyridine rings is 1. The highest BCUT2D eigenvalue weighted by Crippen LogP contribution is 2.24. The van der Waals surface area contributed by atoms with Gasteiger partial charge in [-0.1, -0.05) is 25.3 Å². The van der Waals surface area contributed by atoms with Crippen molar-refractivity contribution in [3.8, 4) is 0 Å². The van der Waals surface area contributed by atoms with E-state index in [1.54, 1.807) is 10.6 Å². The lowest BCUT2D eigenvalue weighted by Gasteiger charge is -2.22. The van der Waals surface area contributed by atoms with Crippen molar-refractivity contribution in [1.29, 1.82) is 0 Å². The van der Waals surface area contributed by atoms with Crippen LogP contribution in [0.4, 0.5) is 0 Å². The van der Waals surface area contributed by atoms with E-state index in [1.165, 1.54) is 0 Å². The summed E-state index contributed by atoms with van der Waals surface area (Å²) < 4.78 is 1.77. The molecule has 2 aromatic heterocycles. The van der Waals surface area contributed by atoms with Crippen molar-refractivity contribution < 1.29 is 14.7 Å². The molecule has 6 heteroatoms. The largest absolute Gasteiger partial charge is 0.481 e. The van der Waals surface area contributed by atoms with Gasteiger partial charge in [0.05, 0.1) is 5.92 Å². The van der Waals surface area contributed by atoms with E-state index in [2.05, 4.69) is 10.3 Å². The molecule has 0 aliphatic heterocycles. The van der Waals surface area contributed by atoms with Crippen molar-refractivity contribution in [3.05, 3.63) is 36.3 Å². The summed E-state index contributed by atoms with van der Waals surface area (Å²) in [6, 6.07) is 5.22. The summed E-state index contributed by atoms with van der Waals surface area (Å²) in [5.74, 6) is -1.65. The van der Waals surface area contributed by atoms with Gasteiger partial charge in [-0.2, -0.15) is 0 Å². The fraction of sp³-hybridized carbons (Fsp3) is 0.438. The molecule has 2 heterocycles. The molecule has 1 aliphatic carbocycles. The maximum absolute atomic E-state index is 12.4. The average Bonchev–Trinajstić information content (AvgIpc) is 2.80. The van der Waals surface area contributed by atoms with Crippen LogP contribution in [0.1, 0.15) is 42.6 Å². The van der Waals surface area contributed by atoms with E-state index in [0.717, 1.165) is 19.3 Å². The third-order valence-corrected chi connectivity index (χ3v) is 4.25. The zero-order valence-electron chi connectivity index (χ0n) is 12.2. The van der Waals surface area contributed by atoms with E-state index in [9.17, 15) is 14.7 Å². The Morgan fingerprint density at radius 3 is 2.82 bits per heavy atom. The van der Waals surface area contributed by atoms with Crippen LogP contribution in [0.2, 0.25) is 0 Å². The fourth-order valence-corrected chi connectivity index (χ4v) is 3.06. The van der Waals surface area contributed by atoms with Crippen LogP contribution in [0, 0.1) is 5.92 Å². The molecule has 0 aromatic carbocycles. The first-order chi connectivity index (χ1) is 10.6. The van der Waals surface area contributed by atoms with Gasteiger partial charge in [0.25, 0.3) is 5.91 Å². The number of nitrogens with zero attached hydrogens (tertiary/aromatic N) is 2. The molecular formula is C16H19N3O3. The molecule has 0 bridgehead atoms. The third-order valence-electron chi connectivity index (χ3n) is 4.25. The van der Waals surface area contributed by atoms with Crippen LogP contribution in [0.3, 0.4) is 0 Å². The van der Waals surface area contributed by atoms with Crippen LogP contribution in [0.5, 0.6) is 0 Å². The molecule has 0 spiro atoms. The van der Waals surface area contributed by atoms with Gasteiger partial charge in [0, 0.05) is 18.4 Å². The van der Waals surface area contributed by atoms with Crippen LogP contribution < -0.4 is 5.32 Å². The van der Waals surface area contributed by atoms with Gasteiger partial charge in [-0.05, 0) is 25.0 Å². The van der Waals surface area contributed by atoms with Crippen molar-refractivity contribution in [3.63, 3.8) is 0 Å². The number of imidazole rings is 1. The standard InChI is InChI=1S/C16H19N3O3/c20-15(13-10-19-9-5-4-8-14(19)17-13)18-12-7-3-1-2-6-11(12)16(21)22/h4-5,8-12H,1-3,6-7H2,(H,18,20)(H,21,22)/t11-,12+/m1/s1. The number of hydrogen-bond acceptors (Lipinski definition) is 3. The van der Waals surface area contributed by atoms with Crippen LogP contribution in [0.25, 0.3) is 5.65 Å². The second-order valence-corrected chi connectivity index (χ2v) is 5.75. The average molecular weight is 301 g/mol. The lowest BCUT2D eigenvalue weighted by atomic mass is 9.95. The van der Waals surface area contributed by atoms with Gasteiger partial charge in [0.15, 0.2) is 0 Å². The van der Waals surface area contributed by atoms with E-state index in [1.807, 2.05) is 24.4 Å². The zero-order chi connectivity index (χ0) is 15.5. The molecule has 3 rings (SSSR count). The van der Waals surface area contributed by atoms with Crippen LogP contribution >= 0.6 is 0 Å². The summed E-state index contributed by atoms with van der Waals surface area (Å²) in [6.45, 7) is 0. The number of aromatic nitrogens is 2. The van der Waals surface area contributed by atoms with Gasteiger partial charge in [-0.15, -0.1) is 0 Å². The second-order valence-electron chi connectivity index (χ2n) is 5.75. The Morgan fingerprint density at radius 2 is 2.05 bits per heavy atom. The number of amides is 1. The first-order valence-electron chi connectivity index (χ1n) is 7.62. The van der Waals surface area contributed by atoms with Gasteiger partial charge < -0.3 is 14.8 Å². The second kappa shape index (κ2) is 6.17. The molecule has 22 heavy (non-hydrogen) atoms. The smallest absolute Gasteiger partial charge is 0.308 e. The van der Waals surface area contributed by atoms with Crippen LogP contribution in [-0.2, 0) is 4.79 Å². The Morgan fingerprint density at radius 1 is 1.23 bits per heavy atom. The lowest BCUT2D eigenvalue weighted by Crippen LogP contribution is -2.42. The Bertz CT molecular complexity index is 662. The molecule has 0 saturated heterocycles. The highest BCUT2D eigenvalue weighted by Gasteiger charge is 2.31. The summed E-state index contributed by atoms with van der Waals surface area (Å²) in [6.07, 6.45) is 7.67. The minimum Gasteiger partial charge on any atom is -0.481 e. The number of nitrogens with one attached hydrogen (secondary N) is 1. The molecule has 1 aliphatic rings. The lowest BCUT2D eigenvalue weighted by molar-refractivity contribution is -0.142. The summed E-state index contributed by atoms with van der Waals surface area (Å²) in [4.78, 5) is 28.1. The molecule has 0 radical (unpaired) electrons. The van der Waals surface area contributed by atoms with Crippen molar-refractivity contribution in [2.75, 3.05) is 0 Å². The Labute approximate surface area is 128 Å². The number of carbonyl (C=O) groups is 2. The maximum atomic E-state index is 12.4. The highest BCUT2D eigenvalue weighted by molar-refractivity contribution is 5.93. The number of rotatable bonds is 3. The molecule has 2 N–H and O–H groups in total.